The number of hydrogen-bond acceptors (Lipinski definition) is 3. The van der Waals surface area contributed by atoms with Crippen molar-refractivity contribution in [3.8, 4) is 0 Å². The lowest BCUT2D eigenvalue weighted by Gasteiger charge is -2.30. The van der Waals surface area contributed by atoms with Crippen LogP contribution >= 0.6 is 11.6 Å². The van der Waals surface area contributed by atoms with E-state index in [9.17, 15) is 14.7 Å². The van der Waals surface area contributed by atoms with Crippen LogP contribution in [0, 0.1) is 0 Å². The highest BCUT2D eigenvalue weighted by Gasteiger charge is 2.38. The fourth-order valence-corrected chi connectivity index (χ4v) is 3.77. The smallest absolute Gasteiger partial charge is 0.220 e. The van der Waals surface area contributed by atoms with Crippen molar-refractivity contribution in [1.29, 1.82) is 0 Å². The van der Waals surface area contributed by atoms with Crippen molar-refractivity contribution in [2.75, 3.05) is 6.54 Å². The van der Waals surface area contributed by atoms with Gasteiger partial charge < -0.3 is 15.7 Å². The first-order valence-corrected chi connectivity index (χ1v) is 9.94. The molecule has 28 heavy (non-hydrogen) atoms. The molecule has 0 aliphatic carbocycles. The Morgan fingerprint density at radius 1 is 1.29 bits per heavy atom. The molecule has 1 saturated heterocycles. The van der Waals surface area contributed by atoms with Crippen molar-refractivity contribution in [2.24, 2.45) is 0 Å². The van der Waals surface area contributed by atoms with Crippen molar-refractivity contribution in [3.63, 3.8) is 0 Å². The van der Waals surface area contributed by atoms with Gasteiger partial charge in [0.15, 0.2) is 0 Å². The van der Waals surface area contributed by atoms with E-state index in [1.807, 2.05) is 24.3 Å². The number of rotatable bonds is 11. The molecule has 1 aliphatic rings. The third-order valence-electron chi connectivity index (χ3n) is 5.18. The van der Waals surface area contributed by atoms with E-state index in [0.29, 0.717) is 43.5 Å². The first-order chi connectivity index (χ1) is 13.3. The van der Waals surface area contributed by atoms with Crippen LogP contribution in [-0.4, -0.2) is 34.6 Å². The van der Waals surface area contributed by atoms with E-state index >= 15 is 0 Å². The van der Waals surface area contributed by atoms with E-state index in [4.69, 9.17) is 11.6 Å². The highest BCUT2D eigenvalue weighted by atomic mass is 35.5. The number of hydrogen-bond donors (Lipinski definition) is 3. The van der Waals surface area contributed by atoms with Crippen LogP contribution < -0.4 is 10.6 Å². The van der Waals surface area contributed by atoms with E-state index in [0.717, 1.165) is 5.56 Å². The lowest BCUT2D eigenvalue weighted by atomic mass is 9.85. The molecule has 3 N–H and O–H groups in total. The van der Waals surface area contributed by atoms with Crippen LogP contribution in [0.1, 0.15) is 44.1 Å². The zero-order valence-electron chi connectivity index (χ0n) is 16.2. The Kier molecular flexibility index (Phi) is 7.84. The van der Waals surface area contributed by atoms with Gasteiger partial charge in [0.25, 0.3) is 0 Å². The molecule has 2 rings (SSSR count). The molecule has 0 aromatic heterocycles. The molecule has 1 fully saturated rings. The van der Waals surface area contributed by atoms with E-state index in [-0.39, 0.29) is 24.8 Å². The first-order valence-electron chi connectivity index (χ1n) is 9.56. The molecule has 2 amide bonds. The Bertz CT molecular complexity index is 707. The standard InChI is InChI=1S/C22H29ClN2O3/c1-3-11-22(28,12-4-2)16-24-19(26)9-13-21(14-10-20(27)25-21)15-17-5-7-18(23)8-6-17/h3-8,28H,1-2,9-16H2,(H,24,26)(H,25,27)/t21-/m1/s1. The predicted molar refractivity (Wildman–Crippen MR) is 112 cm³/mol. The van der Waals surface area contributed by atoms with E-state index in [1.54, 1.807) is 12.2 Å². The lowest BCUT2D eigenvalue weighted by molar-refractivity contribution is -0.123. The summed E-state index contributed by atoms with van der Waals surface area (Å²) in [4.78, 5) is 24.2. The summed E-state index contributed by atoms with van der Waals surface area (Å²) in [5.74, 6) is -0.135. The number of carbonyl (C=O) groups excluding carboxylic acids is 2. The van der Waals surface area contributed by atoms with Gasteiger partial charge in [-0.2, -0.15) is 0 Å². The van der Waals surface area contributed by atoms with Gasteiger partial charge in [0.2, 0.25) is 11.8 Å². The maximum absolute atomic E-state index is 12.4. The second-order valence-electron chi connectivity index (χ2n) is 7.62. The molecule has 1 atom stereocenters. The molecule has 0 radical (unpaired) electrons. The lowest BCUT2D eigenvalue weighted by Crippen LogP contribution is -2.46. The van der Waals surface area contributed by atoms with Crippen LogP contribution in [0.2, 0.25) is 5.02 Å². The highest BCUT2D eigenvalue weighted by molar-refractivity contribution is 6.30. The Labute approximate surface area is 171 Å². The van der Waals surface area contributed by atoms with Gasteiger partial charge in [0.05, 0.1) is 5.60 Å². The third kappa shape index (κ3) is 6.50. The van der Waals surface area contributed by atoms with E-state index < -0.39 is 11.1 Å². The third-order valence-corrected chi connectivity index (χ3v) is 5.44. The van der Waals surface area contributed by atoms with Crippen LogP contribution in [0.3, 0.4) is 0 Å². The summed E-state index contributed by atoms with van der Waals surface area (Å²) in [6.07, 6.45) is 6.62. The van der Waals surface area contributed by atoms with Crippen molar-refractivity contribution >= 4 is 23.4 Å². The number of benzene rings is 1. The Morgan fingerprint density at radius 2 is 1.93 bits per heavy atom. The average molecular weight is 405 g/mol. The molecule has 152 valence electrons. The summed E-state index contributed by atoms with van der Waals surface area (Å²) in [6, 6.07) is 7.54. The van der Waals surface area contributed by atoms with Gasteiger partial charge in [-0.05, 0) is 49.8 Å². The highest BCUT2D eigenvalue weighted by Crippen LogP contribution is 2.30. The fourth-order valence-electron chi connectivity index (χ4n) is 3.64. The molecule has 0 bridgehead atoms. The van der Waals surface area contributed by atoms with Crippen LogP contribution in [0.4, 0.5) is 0 Å². The Hall–Kier alpha value is -2.11. The maximum atomic E-state index is 12.4. The summed E-state index contributed by atoms with van der Waals surface area (Å²) in [5, 5.41) is 17.1. The Morgan fingerprint density at radius 3 is 2.46 bits per heavy atom. The van der Waals surface area contributed by atoms with E-state index in [1.165, 1.54) is 0 Å². The van der Waals surface area contributed by atoms with Gasteiger partial charge in [-0.25, -0.2) is 0 Å². The first kappa shape index (κ1) is 22.2. The summed E-state index contributed by atoms with van der Waals surface area (Å²) in [6.45, 7) is 7.44. The second kappa shape index (κ2) is 9.89. The molecule has 0 saturated carbocycles. The summed E-state index contributed by atoms with van der Waals surface area (Å²) < 4.78 is 0. The second-order valence-corrected chi connectivity index (χ2v) is 8.05. The number of carbonyl (C=O) groups is 2. The van der Waals surface area contributed by atoms with Crippen molar-refractivity contribution in [1.82, 2.24) is 10.6 Å². The van der Waals surface area contributed by atoms with Crippen LogP contribution in [-0.2, 0) is 16.0 Å². The summed E-state index contributed by atoms with van der Waals surface area (Å²) in [7, 11) is 0. The minimum absolute atomic E-state index is 0.0145. The van der Waals surface area contributed by atoms with Crippen molar-refractivity contribution < 1.29 is 14.7 Å². The van der Waals surface area contributed by atoms with Gasteiger partial charge >= 0.3 is 0 Å². The molecule has 5 nitrogen and oxygen atoms in total. The number of amides is 2. The SMILES string of the molecule is C=CCC(O)(CC=C)CNC(=O)CC[C@]1(Cc2ccc(Cl)cc2)CCC(=O)N1. The summed E-state index contributed by atoms with van der Waals surface area (Å²) >= 11 is 5.95. The zero-order chi connectivity index (χ0) is 20.6. The minimum atomic E-state index is -1.07. The molecular formula is C22H29ClN2O3. The minimum Gasteiger partial charge on any atom is -0.387 e. The molecule has 6 heteroatoms. The maximum Gasteiger partial charge on any atom is 0.220 e. The van der Waals surface area contributed by atoms with Gasteiger partial charge in [-0.15, -0.1) is 13.2 Å². The average Bonchev–Trinajstić information content (AvgIpc) is 3.02. The molecule has 1 heterocycles. The normalized spacial score (nSPS) is 19.1. The largest absolute Gasteiger partial charge is 0.387 e. The zero-order valence-corrected chi connectivity index (χ0v) is 16.9. The van der Waals surface area contributed by atoms with Crippen LogP contribution in [0.25, 0.3) is 0 Å². The van der Waals surface area contributed by atoms with Crippen LogP contribution in [0.5, 0.6) is 0 Å². The molecule has 1 aromatic carbocycles. The topological polar surface area (TPSA) is 78.4 Å². The van der Waals surface area contributed by atoms with Gasteiger partial charge in [-0.1, -0.05) is 35.9 Å². The van der Waals surface area contributed by atoms with Gasteiger partial charge in [0.1, 0.15) is 0 Å². The number of aliphatic hydroxyl groups is 1. The fraction of sp³-hybridized carbons (Fsp3) is 0.455. The molecular weight excluding hydrogens is 376 g/mol. The number of nitrogens with one attached hydrogen (secondary N) is 2. The monoisotopic (exact) mass is 404 g/mol. The molecule has 1 aromatic rings. The summed E-state index contributed by atoms with van der Waals surface area (Å²) in [5.41, 5.74) is -0.430. The molecule has 0 spiro atoms. The molecule has 0 unspecified atom stereocenters. The van der Waals surface area contributed by atoms with Crippen LogP contribution in [0.15, 0.2) is 49.6 Å². The predicted octanol–water partition coefficient (Wildman–Crippen LogP) is 3.31. The number of halogens is 1. The molecule has 1 aliphatic heterocycles. The van der Waals surface area contributed by atoms with Crippen molar-refractivity contribution in [2.45, 2.75) is 56.1 Å². The Balaban J connectivity index is 1.94. The van der Waals surface area contributed by atoms with Gasteiger partial charge in [0, 0.05) is 29.9 Å². The van der Waals surface area contributed by atoms with Crippen molar-refractivity contribution in [3.05, 3.63) is 60.2 Å². The quantitative estimate of drug-likeness (QED) is 0.495. The van der Waals surface area contributed by atoms with Gasteiger partial charge in [-0.3, -0.25) is 9.59 Å². The van der Waals surface area contributed by atoms with E-state index in [2.05, 4.69) is 23.8 Å².